The Morgan fingerprint density at radius 2 is 1.84 bits per heavy atom. The fourth-order valence-corrected chi connectivity index (χ4v) is 4.58. The monoisotopic (exact) mass is 328 g/mol. The molecule has 1 rings (SSSR count). The molecule has 0 aromatic heterocycles. The summed E-state index contributed by atoms with van der Waals surface area (Å²) < 4.78 is 6.52. The predicted octanol–water partition coefficient (Wildman–Crippen LogP) is 3.05. The van der Waals surface area contributed by atoms with Crippen LogP contribution in [0.2, 0.25) is 4.82 Å². The van der Waals surface area contributed by atoms with Gasteiger partial charge in [0.05, 0.1) is 0 Å². The molecule has 0 amide bonds. The third-order valence-electron chi connectivity index (χ3n) is 3.35. The van der Waals surface area contributed by atoms with Gasteiger partial charge >= 0.3 is 123 Å². The second-order valence-corrected chi connectivity index (χ2v) is 8.31. The molecule has 0 aliphatic rings. The van der Waals surface area contributed by atoms with Crippen LogP contribution >= 0.6 is 0 Å². The normalized spacial score (nSPS) is 14.8. The molecule has 0 saturated carbocycles. The van der Waals surface area contributed by atoms with Gasteiger partial charge in [-0.25, -0.2) is 0 Å². The number of ether oxygens (including phenoxy) is 1. The molecule has 2 atom stereocenters. The van der Waals surface area contributed by atoms with Gasteiger partial charge < -0.3 is 0 Å². The first-order chi connectivity index (χ1) is 8.86. The molecule has 0 aliphatic carbocycles. The van der Waals surface area contributed by atoms with E-state index in [1.54, 1.807) is 0 Å². The first kappa shape index (κ1) is 16.3. The van der Waals surface area contributed by atoms with E-state index >= 15 is 0 Å². The van der Waals surface area contributed by atoms with Crippen LogP contribution < -0.4 is 4.46 Å². The molecule has 0 heterocycles. The van der Waals surface area contributed by atoms with Crippen LogP contribution in [-0.2, 0) is 9.53 Å². The molecule has 106 valence electrons. The zero-order valence-corrected chi connectivity index (χ0v) is 14.2. The number of rotatable bonds is 5. The zero-order chi connectivity index (χ0) is 14.5. The van der Waals surface area contributed by atoms with E-state index in [0.717, 1.165) is 0 Å². The van der Waals surface area contributed by atoms with Crippen LogP contribution in [0.4, 0.5) is 0 Å². The van der Waals surface area contributed by atoms with Gasteiger partial charge in [0.15, 0.2) is 0 Å². The van der Waals surface area contributed by atoms with Gasteiger partial charge in [-0.2, -0.15) is 0 Å². The molecule has 0 fully saturated rings. The fourth-order valence-electron chi connectivity index (χ4n) is 1.68. The van der Waals surface area contributed by atoms with Gasteiger partial charge in [0.1, 0.15) is 0 Å². The van der Waals surface area contributed by atoms with Crippen molar-refractivity contribution in [2.75, 3.05) is 6.61 Å². The minimum atomic E-state index is -0.0474. The molecular formula is C16H24O2Se. The topological polar surface area (TPSA) is 26.3 Å². The quantitative estimate of drug-likeness (QED) is 0.614. The molecule has 19 heavy (non-hydrogen) atoms. The van der Waals surface area contributed by atoms with Crippen LogP contribution in [0.1, 0.15) is 34.6 Å². The molecule has 0 bridgehead atoms. The summed E-state index contributed by atoms with van der Waals surface area (Å²) >= 11 is 0.111. The van der Waals surface area contributed by atoms with E-state index in [9.17, 15) is 4.79 Å². The van der Waals surface area contributed by atoms with E-state index < -0.39 is 0 Å². The Morgan fingerprint density at radius 1 is 1.26 bits per heavy atom. The summed E-state index contributed by atoms with van der Waals surface area (Å²) in [5.74, 6) is 0.250. The van der Waals surface area contributed by atoms with Crippen molar-refractivity contribution in [3.05, 3.63) is 30.3 Å². The van der Waals surface area contributed by atoms with Gasteiger partial charge in [0, 0.05) is 0 Å². The Hall–Kier alpha value is -0.791. The second-order valence-electron chi connectivity index (χ2n) is 5.76. The Morgan fingerprint density at radius 3 is 2.32 bits per heavy atom. The molecule has 0 unspecified atom stereocenters. The molecule has 1 aromatic rings. The number of carbonyl (C=O) groups is 1. The van der Waals surface area contributed by atoms with Crippen LogP contribution in [0.3, 0.4) is 0 Å². The summed E-state index contributed by atoms with van der Waals surface area (Å²) in [6.07, 6.45) is 0. The van der Waals surface area contributed by atoms with Crippen molar-refractivity contribution in [1.82, 2.24) is 0 Å². The summed E-state index contributed by atoms with van der Waals surface area (Å²) in [6, 6.07) is 10.3. The molecule has 1 aromatic carbocycles. The molecule has 0 saturated heterocycles. The number of hydrogen-bond acceptors (Lipinski definition) is 2. The fraction of sp³-hybridized carbons (Fsp3) is 0.562. The average molecular weight is 327 g/mol. The molecule has 0 aliphatic heterocycles. The SMILES string of the molecule is CCOC(=O)[C@@H]([Se]c1ccccc1)[C@H](C)C(C)(C)C. The van der Waals surface area contributed by atoms with Crippen molar-refractivity contribution >= 4 is 25.4 Å². The van der Waals surface area contributed by atoms with Gasteiger partial charge in [-0.3, -0.25) is 0 Å². The van der Waals surface area contributed by atoms with Crippen molar-refractivity contribution in [2.45, 2.75) is 39.4 Å². The van der Waals surface area contributed by atoms with Crippen LogP contribution in [0.15, 0.2) is 30.3 Å². The molecular weight excluding hydrogens is 303 g/mol. The van der Waals surface area contributed by atoms with Gasteiger partial charge in [0.2, 0.25) is 0 Å². The Labute approximate surface area is 123 Å². The van der Waals surface area contributed by atoms with Crippen LogP contribution in [0.25, 0.3) is 0 Å². The zero-order valence-electron chi connectivity index (χ0n) is 12.5. The first-order valence-electron chi connectivity index (χ1n) is 6.74. The summed E-state index contributed by atoms with van der Waals surface area (Å²) in [5, 5.41) is 0. The second kappa shape index (κ2) is 7.12. The van der Waals surface area contributed by atoms with Gasteiger partial charge in [-0.1, -0.05) is 0 Å². The van der Waals surface area contributed by atoms with Gasteiger partial charge in [-0.05, 0) is 0 Å². The van der Waals surface area contributed by atoms with Gasteiger partial charge in [0.25, 0.3) is 0 Å². The van der Waals surface area contributed by atoms with Crippen LogP contribution in [0, 0.1) is 11.3 Å². The number of carbonyl (C=O) groups excluding carboxylic acids is 1. The maximum absolute atomic E-state index is 12.2. The Kier molecular flexibility index (Phi) is 6.09. The maximum atomic E-state index is 12.2. The molecule has 0 radical (unpaired) electrons. The van der Waals surface area contributed by atoms with E-state index in [2.05, 4.69) is 39.8 Å². The third kappa shape index (κ3) is 5.00. The van der Waals surface area contributed by atoms with E-state index in [4.69, 9.17) is 4.74 Å². The van der Waals surface area contributed by atoms with Gasteiger partial charge in [-0.15, -0.1) is 0 Å². The average Bonchev–Trinajstić information content (AvgIpc) is 2.35. The molecule has 2 nitrogen and oxygen atoms in total. The van der Waals surface area contributed by atoms with Crippen molar-refractivity contribution in [2.24, 2.45) is 11.3 Å². The van der Waals surface area contributed by atoms with Crippen molar-refractivity contribution in [1.29, 1.82) is 0 Å². The summed E-state index contributed by atoms with van der Waals surface area (Å²) in [7, 11) is 0. The van der Waals surface area contributed by atoms with Crippen molar-refractivity contribution in [3.8, 4) is 0 Å². The van der Waals surface area contributed by atoms with E-state index in [0.29, 0.717) is 12.5 Å². The number of esters is 1. The first-order valence-corrected chi connectivity index (χ1v) is 8.59. The third-order valence-corrected chi connectivity index (χ3v) is 6.28. The summed E-state index contributed by atoms with van der Waals surface area (Å²) in [4.78, 5) is 12.2. The Bertz CT molecular complexity index is 395. The standard InChI is InChI=1S/C16H24O2Se/c1-6-18-15(17)14(12(2)16(3,4)5)19-13-10-8-7-9-11-13/h7-12,14H,6H2,1-5H3/t12-,14-/m0/s1. The predicted molar refractivity (Wildman–Crippen MR) is 80.8 cm³/mol. The number of hydrogen-bond donors (Lipinski definition) is 0. The van der Waals surface area contributed by atoms with E-state index in [1.165, 1.54) is 4.46 Å². The van der Waals surface area contributed by atoms with Crippen LogP contribution in [0.5, 0.6) is 0 Å². The molecule has 3 heteroatoms. The minimum absolute atomic E-state index is 0.0187. The molecule has 0 spiro atoms. The summed E-state index contributed by atoms with van der Waals surface area (Å²) in [5.41, 5.74) is 0.105. The van der Waals surface area contributed by atoms with Crippen molar-refractivity contribution < 1.29 is 9.53 Å². The van der Waals surface area contributed by atoms with Crippen LogP contribution in [-0.4, -0.2) is 27.5 Å². The Balaban J connectivity index is 2.90. The van der Waals surface area contributed by atoms with E-state index in [1.807, 2.05) is 25.1 Å². The van der Waals surface area contributed by atoms with E-state index in [-0.39, 0.29) is 31.2 Å². The number of benzene rings is 1. The molecule has 0 N–H and O–H groups in total. The van der Waals surface area contributed by atoms with Crippen molar-refractivity contribution in [3.63, 3.8) is 0 Å². The summed E-state index contributed by atoms with van der Waals surface area (Å²) in [6.45, 7) is 11.0.